The van der Waals surface area contributed by atoms with Gasteiger partial charge in [-0.2, -0.15) is 0 Å². The maximum atomic E-state index is 13.2. The minimum absolute atomic E-state index is 0.0455. The Hall–Kier alpha value is -5.00. The second-order valence-corrected chi connectivity index (χ2v) is 10.7. The van der Waals surface area contributed by atoms with E-state index in [1.807, 2.05) is 38.1 Å². The Kier molecular flexibility index (Phi) is 9.82. The number of hydrogen-bond acceptors (Lipinski definition) is 5. The normalized spacial score (nSPS) is 12.0. The quantitative estimate of drug-likeness (QED) is 0.202. The van der Waals surface area contributed by atoms with Gasteiger partial charge in [0.15, 0.2) is 0 Å². The summed E-state index contributed by atoms with van der Waals surface area (Å²) in [6.07, 6.45) is -3.41. The van der Waals surface area contributed by atoms with Gasteiger partial charge in [0.05, 0.1) is 6.54 Å². The minimum Gasteiger partial charge on any atom is -0.405 e. The van der Waals surface area contributed by atoms with Gasteiger partial charge in [-0.15, -0.1) is 13.2 Å². The van der Waals surface area contributed by atoms with Crippen molar-refractivity contribution in [1.82, 2.24) is 14.8 Å². The molecule has 0 saturated carbocycles. The largest absolute Gasteiger partial charge is 0.573 e. The average molecular weight is 610 g/mol. The highest BCUT2D eigenvalue weighted by Crippen LogP contribution is 2.30. The van der Waals surface area contributed by atoms with Crippen LogP contribution in [0.4, 0.5) is 29.3 Å². The lowest BCUT2D eigenvalue weighted by Gasteiger charge is -2.24. The molecule has 3 amide bonds. The molecule has 4 rings (SSSR count). The number of amides is 3. The Morgan fingerprint density at radius 2 is 1.70 bits per heavy atom. The number of carbonyl (C=O) groups excluding carboxylic acids is 2. The minimum atomic E-state index is -4.95. The first kappa shape index (κ1) is 31.9. The summed E-state index contributed by atoms with van der Waals surface area (Å²) in [6, 6.07) is 18.0. The highest BCUT2D eigenvalue weighted by atomic mass is 19.4. The van der Waals surface area contributed by atoms with Crippen LogP contribution in [0.1, 0.15) is 29.5 Å². The Labute approximate surface area is 252 Å². The van der Waals surface area contributed by atoms with Crippen LogP contribution in [0.25, 0.3) is 10.8 Å². The number of urea groups is 1. The fourth-order valence-electron chi connectivity index (χ4n) is 4.91. The van der Waals surface area contributed by atoms with Crippen LogP contribution in [0, 0.1) is 6.92 Å². The van der Waals surface area contributed by atoms with E-state index >= 15 is 0 Å². The number of H-pyrrole nitrogens is 1. The van der Waals surface area contributed by atoms with E-state index in [0.717, 1.165) is 22.6 Å². The zero-order chi connectivity index (χ0) is 32.0. The van der Waals surface area contributed by atoms with Crippen LogP contribution in [0.3, 0.4) is 0 Å². The number of anilines is 2. The smallest absolute Gasteiger partial charge is 0.405 e. The summed E-state index contributed by atoms with van der Waals surface area (Å²) in [5.41, 5.74) is 2.77. The first-order valence-corrected chi connectivity index (χ1v) is 13.9. The van der Waals surface area contributed by atoms with Crippen molar-refractivity contribution >= 4 is 34.1 Å². The van der Waals surface area contributed by atoms with Gasteiger partial charge < -0.3 is 30.2 Å². The molecule has 0 fully saturated rings. The van der Waals surface area contributed by atoms with Crippen LogP contribution in [0.15, 0.2) is 77.7 Å². The third-order valence-electron chi connectivity index (χ3n) is 7.20. The lowest BCUT2D eigenvalue weighted by molar-refractivity contribution is -0.275. The fourth-order valence-corrected chi connectivity index (χ4v) is 4.91. The molecule has 3 N–H and O–H groups in total. The van der Waals surface area contributed by atoms with Crippen LogP contribution in [-0.2, 0) is 11.3 Å². The van der Waals surface area contributed by atoms with E-state index in [1.54, 1.807) is 37.5 Å². The fraction of sp³-hybridized carbons (Fsp3) is 0.281. The van der Waals surface area contributed by atoms with Crippen LogP contribution in [-0.4, -0.2) is 60.3 Å². The van der Waals surface area contributed by atoms with Crippen LogP contribution < -0.4 is 20.9 Å². The van der Waals surface area contributed by atoms with Gasteiger partial charge in [-0.05, 0) is 65.8 Å². The third-order valence-corrected chi connectivity index (χ3v) is 7.20. The molecular formula is C32H34F3N5O4. The molecule has 9 nitrogen and oxygen atoms in total. The molecule has 44 heavy (non-hydrogen) atoms. The summed E-state index contributed by atoms with van der Waals surface area (Å²) in [4.78, 5) is 43.3. The molecule has 0 aliphatic carbocycles. The summed E-state index contributed by atoms with van der Waals surface area (Å²) in [7, 11) is 3.08. The number of benzene rings is 3. The standard InChI is InChI=1S/C32H34F3N5O4/c1-20-7-5-6-8-26(20)21(2)18-40(4)31(43)38-25-11-12-28(44-32(33,34)35)23(15-25)19-39(3)29(41)17-37-24-10-9-22-13-14-36-30(42)27(22)16-24/h5-16,21,37H,17-19H2,1-4H3,(H,36,42)(H,38,43)/t21-/m0/s1. The van der Waals surface area contributed by atoms with Crippen molar-refractivity contribution in [2.45, 2.75) is 32.7 Å². The summed E-state index contributed by atoms with van der Waals surface area (Å²) in [5.74, 6) is -0.864. The molecule has 0 bridgehead atoms. The number of likely N-dealkylation sites (N-methyl/N-ethyl adjacent to an activating group) is 2. The molecule has 1 heterocycles. The van der Waals surface area contributed by atoms with Gasteiger partial charge in [-0.1, -0.05) is 37.3 Å². The Morgan fingerprint density at radius 3 is 2.43 bits per heavy atom. The highest BCUT2D eigenvalue weighted by Gasteiger charge is 2.32. The van der Waals surface area contributed by atoms with Crippen LogP contribution >= 0.6 is 0 Å². The Balaban J connectivity index is 1.43. The molecule has 0 aliphatic heterocycles. The number of aromatic amines is 1. The van der Waals surface area contributed by atoms with Crippen molar-refractivity contribution in [2.75, 3.05) is 37.8 Å². The number of ether oxygens (including phenoxy) is 1. The molecule has 0 spiro atoms. The summed E-state index contributed by atoms with van der Waals surface area (Å²) >= 11 is 0. The number of hydrogen-bond donors (Lipinski definition) is 3. The number of alkyl halides is 3. The summed E-state index contributed by atoms with van der Waals surface area (Å²) in [6.45, 7) is 4.01. The maximum Gasteiger partial charge on any atom is 0.573 e. The molecule has 232 valence electrons. The zero-order valence-electron chi connectivity index (χ0n) is 24.8. The average Bonchev–Trinajstić information content (AvgIpc) is 2.97. The van der Waals surface area contributed by atoms with Crippen LogP contribution in [0.5, 0.6) is 5.75 Å². The number of halogens is 3. The predicted molar refractivity (Wildman–Crippen MR) is 164 cm³/mol. The molecule has 1 aromatic heterocycles. The number of aromatic nitrogens is 1. The lowest BCUT2D eigenvalue weighted by Crippen LogP contribution is -2.34. The second kappa shape index (κ2) is 13.5. The van der Waals surface area contributed by atoms with E-state index in [4.69, 9.17) is 0 Å². The molecule has 0 saturated heterocycles. The number of pyridine rings is 1. The van der Waals surface area contributed by atoms with Crippen molar-refractivity contribution < 1.29 is 27.5 Å². The maximum absolute atomic E-state index is 13.2. The third kappa shape index (κ3) is 8.30. The van der Waals surface area contributed by atoms with Crippen molar-refractivity contribution in [1.29, 1.82) is 0 Å². The SMILES string of the molecule is Cc1ccccc1[C@@H](C)CN(C)C(=O)Nc1ccc(OC(F)(F)F)c(CN(C)C(=O)CNc2ccc3cc[nH]c(=O)c3c2)c1. The van der Waals surface area contributed by atoms with Gasteiger partial charge in [-0.3, -0.25) is 9.59 Å². The molecule has 1 atom stereocenters. The number of carbonyl (C=O) groups is 2. The Morgan fingerprint density at radius 1 is 0.977 bits per heavy atom. The Bertz CT molecular complexity index is 1710. The molecule has 0 unspecified atom stereocenters. The van der Waals surface area contributed by atoms with Gasteiger partial charge in [0.1, 0.15) is 5.75 Å². The van der Waals surface area contributed by atoms with Crippen molar-refractivity contribution in [3.63, 3.8) is 0 Å². The number of nitrogens with one attached hydrogen (secondary N) is 3. The molecule has 0 radical (unpaired) electrons. The van der Waals surface area contributed by atoms with Gasteiger partial charge in [0.2, 0.25) is 5.91 Å². The second-order valence-electron chi connectivity index (χ2n) is 10.7. The summed E-state index contributed by atoms with van der Waals surface area (Å²) in [5, 5.41) is 6.85. The lowest BCUT2D eigenvalue weighted by atomic mass is 9.96. The number of aryl methyl sites for hydroxylation is 1. The van der Waals surface area contributed by atoms with Crippen LogP contribution in [0.2, 0.25) is 0 Å². The van der Waals surface area contributed by atoms with E-state index in [9.17, 15) is 27.6 Å². The first-order chi connectivity index (χ1) is 20.8. The van der Waals surface area contributed by atoms with Gasteiger partial charge in [-0.25, -0.2) is 4.79 Å². The van der Waals surface area contributed by atoms with E-state index < -0.39 is 24.1 Å². The highest BCUT2D eigenvalue weighted by molar-refractivity contribution is 5.89. The van der Waals surface area contributed by atoms with E-state index in [-0.39, 0.29) is 35.8 Å². The summed E-state index contributed by atoms with van der Waals surface area (Å²) < 4.78 is 43.7. The molecular weight excluding hydrogens is 575 g/mol. The topological polar surface area (TPSA) is 107 Å². The van der Waals surface area contributed by atoms with E-state index in [2.05, 4.69) is 20.4 Å². The monoisotopic (exact) mass is 609 g/mol. The molecule has 12 heteroatoms. The first-order valence-electron chi connectivity index (χ1n) is 13.9. The number of fused-ring (bicyclic) bond motifs is 1. The zero-order valence-corrected chi connectivity index (χ0v) is 24.8. The molecule has 0 aliphatic rings. The van der Waals surface area contributed by atoms with Gasteiger partial charge >= 0.3 is 12.4 Å². The number of nitrogens with zero attached hydrogens (tertiary/aromatic N) is 2. The van der Waals surface area contributed by atoms with E-state index in [1.165, 1.54) is 29.0 Å². The van der Waals surface area contributed by atoms with Gasteiger partial charge in [0.25, 0.3) is 5.56 Å². The van der Waals surface area contributed by atoms with Crippen molar-refractivity contribution in [3.05, 3.63) is 100.0 Å². The predicted octanol–water partition coefficient (Wildman–Crippen LogP) is 6.07. The molecule has 4 aromatic rings. The van der Waals surface area contributed by atoms with Gasteiger partial charge in [0, 0.05) is 55.7 Å². The van der Waals surface area contributed by atoms with Crippen molar-refractivity contribution in [2.24, 2.45) is 0 Å². The van der Waals surface area contributed by atoms with Crippen molar-refractivity contribution in [3.8, 4) is 5.75 Å². The van der Waals surface area contributed by atoms with E-state index in [0.29, 0.717) is 17.6 Å². The molecule has 3 aromatic carbocycles. The number of rotatable bonds is 10.